The molecule has 1 aromatic rings. The molecule has 10 nitrogen and oxygen atoms in total. The van der Waals surface area contributed by atoms with E-state index in [0.29, 0.717) is 0 Å². The summed E-state index contributed by atoms with van der Waals surface area (Å²) in [5.74, 6) is -0.822. The third kappa shape index (κ3) is 5.44. The zero-order chi connectivity index (χ0) is 20.0. The van der Waals surface area contributed by atoms with Crippen molar-refractivity contribution in [2.45, 2.75) is 19.9 Å². The molecule has 0 aliphatic carbocycles. The van der Waals surface area contributed by atoms with Crippen molar-refractivity contribution >= 4 is 37.4 Å². The minimum Gasteiger partial charge on any atom is -0.480 e. The van der Waals surface area contributed by atoms with Crippen LogP contribution in [0.4, 0.5) is 0 Å². The van der Waals surface area contributed by atoms with Gasteiger partial charge in [0.25, 0.3) is 0 Å². The Hall–Kier alpha value is -1.62. The summed E-state index contributed by atoms with van der Waals surface area (Å²) in [6, 6.07) is 3.02. The molecule has 1 unspecified atom stereocenters. The Morgan fingerprint density at radius 2 is 2.15 bits per heavy atom. The van der Waals surface area contributed by atoms with Crippen molar-refractivity contribution in [2.24, 2.45) is 15.6 Å². The summed E-state index contributed by atoms with van der Waals surface area (Å²) < 4.78 is 7.88. The first-order valence-corrected chi connectivity index (χ1v) is 10.4. The number of aliphatic carboxylic acids is 1. The molecule has 0 radical (unpaired) electrons. The van der Waals surface area contributed by atoms with Crippen molar-refractivity contribution in [3.05, 3.63) is 22.4 Å². The lowest BCUT2D eigenvalue weighted by Crippen LogP contribution is -2.51. The number of hydrogen-bond acceptors (Lipinski definition) is 10. The van der Waals surface area contributed by atoms with Crippen LogP contribution in [-0.4, -0.2) is 86.3 Å². The molecule has 0 aromatic carbocycles. The van der Waals surface area contributed by atoms with Crippen LogP contribution in [0, 0.1) is 0 Å². The van der Waals surface area contributed by atoms with Gasteiger partial charge in [-0.05, 0) is 25.3 Å². The number of guanidine groups is 1. The normalized spacial score (nSPS) is 20.0. The molecule has 27 heavy (non-hydrogen) atoms. The number of rotatable bonds is 9. The van der Waals surface area contributed by atoms with Crippen molar-refractivity contribution in [3.8, 4) is 0 Å². The van der Waals surface area contributed by atoms with Gasteiger partial charge in [-0.1, -0.05) is 6.07 Å². The quantitative estimate of drug-likeness (QED) is 0.334. The molecule has 2 rings (SSSR count). The van der Waals surface area contributed by atoms with Crippen LogP contribution < -0.4 is 5.73 Å². The molecule has 0 saturated heterocycles. The number of thiophene rings is 1. The zero-order valence-corrected chi connectivity index (χ0v) is 17.0. The van der Waals surface area contributed by atoms with E-state index in [-0.39, 0.29) is 38.9 Å². The Balaban J connectivity index is 2.35. The maximum atomic E-state index is 11.6. The van der Waals surface area contributed by atoms with Crippen molar-refractivity contribution in [1.82, 2.24) is 14.3 Å². The second-order valence-corrected chi connectivity index (χ2v) is 8.55. The van der Waals surface area contributed by atoms with Gasteiger partial charge in [0.1, 0.15) is 12.7 Å². The highest BCUT2D eigenvalue weighted by molar-refractivity contribution is 7.51. The molecule has 2 atom stereocenters. The Labute approximate surface area is 163 Å². The van der Waals surface area contributed by atoms with Gasteiger partial charge in [0.15, 0.2) is 8.37 Å². The predicted molar refractivity (Wildman–Crippen MR) is 106 cm³/mol. The molecule has 1 aliphatic heterocycles. The van der Waals surface area contributed by atoms with Crippen LogP contribution in [0.25, 0.3) is 0 Å². The second-order valence-electron chi connectivity index (χ2n) is 5.78. The van der Waals surface area contributed by atoms with Crippen LogP contribution in [-0.2, 0) is 4.79 Å². The summed E-state index contributed by atoms with van der Waals surface area (Å²) >= 11 is 1.55. The largest absolute Gasteiger partial charge is 0.480 e. The molecule has 2 heterocycles. The fourth-order valence-electron chi connectivity index (χ4n) is 2.42. The fraction of sp³-hybridized carbons (Fsp3) is 0.533. The fourth-order valence-corrected chi connectivity index (χ4v) is 5.12. The van der Waals surface area contributed by atoms with Gasteiger partial charge < -0.3 is 21.1 Å². The number of carboxylic acids is 1. The number of carboxylic acid groups (broad SMARTS) is 1. The smallest absolute Gasteiger partial charge is 0.321 e. The van der Waals surface area contributed by atoms with Crippen molar-refractivity contribution in [1.29, 1.82) is 0 Å². The maximum Gasteiger partial charge on any atom is 0.321 e. The number of nitrogens with zero attached hydrogens (tertiary/aromatic N) is 5. The highest BCUT2D eigenvalue weighted by Gasteiger charge is 2.38. The topological polar surface area (TPSA) is 138 Å². The lowest BCUT2D eigenvalue weighted by atomic mass is 10.3. The van der Waals surface area contributed by atoms with E-state index >= 15 is 0 Å². The van der Waals surface area contributed by atoms with Crippen LogP contribution >= 0.6 is 19.7 Å². The van der Waals surface area contributed by atoms with Crippen LogP contribution in [0.3, 0.4) is 0 Å². The summed E-state index contributed by atoms with van der Waals surface area (Å²) in [6.45, 7) is 3.80. The Kier molecular flexibility index (Phi) is 8.08. The molecule has 0 amide bonds. The van der Waals surface area contributed by atoms with E-state index in [0.717, 1.165) is 10.6 Å². The molecule has 0 bridgehead atoms. The van der Waals surface area contributed by atoms with Crippen molar-refractivity contribution in [3.63, 3.8) is 0 Å². The number of carbonyl (C=O) groups is 1. The third-order valence-corrected chi connectivity index (χ3v) is 7.09. The molecule has 1 aliphatic rings. The lowest BCUT2D eigenvalue weighted by Gasteiger charge is -2.42. The molecule has 0 fully saturated rings. The molecular weight excluding hydrogens is 391 g/mol. The first kappa shape index (κ1) is 21.7. The standard InChI is InChI=1S/C15H25N6O4PS/c1-11(13-4-3-9-27-13)17-20-10-21(12(2)14(24)25)26(18-15(20)16)19(5-7-22)6-8-23/h3-4,9,12,22-23H,5-8,10H2,1-2H3,(H2,16,18)(H,24,25)/t12-,26?/m0/s1. The maximum absolute atomic E-state index is 11.6. The van der Waals surface area contributed by atoms with E-state index in [2.05, 4.69) is 9.86 Å². The highest BCUT2D eigenvalue weighted by atomic mass is 32.1. The third-order valence-electron chi connectivity index (χ3n) is 3.89. The zero-order valence-electron chi connectivity index (χ0n) is 15.3. The average Bonchev–Trinajstić information content (AvgIpc) is 3.17. The molecule has 1 aromatic heterocycles. The molecule has 0 saturated carbocycles. The molecule has 0 spiro atoms. The van der Waals surface area contributed by atoms with Gasteiger partial charge in [-0.25, -0.2) is 14.3 Å². The van der Waals surface area contributed by atoms with Crippen LogP contribution in [0.2, 0.25) is 0 Å². The second kappa shape index (κ2) is 10.1. The number of hydrogen-bond donors (Lipinski definition) is 4. The van der Waals surface area contributed by atoms with Crippen LogP contribution in [0.5, 0.6) is 0 Å². The van der Waals surface area contributed by atoms with Crippen LogP contribution in [0.15, 0.2) is 27.4 Å². The number of hydrazone groups is 1. The van der Waals surface area contributed by atoms with Gasteiger partial charge in [-0.2, -0.15) is 9.86 Å². The van der Waals surface area contributed by atoms with Gasteiger partial charge in [0.2, 0.25) is 5.96 Å². The molecule has 12 heteroatoms. The van der Waals surface area contributed by atoms with E-state index in [4.69, 9.17) is 5.73 Å². The van der Waals surface area contributed by atoms with E-state index in [1.54, 1.807) is 27.6 Å². The summed E-state index contributed by atoms with van der Waals surface area (Å²) in [7, 11) is -1.50. The molecular formula is C15H25N6O4PS. The lowest BCUT2D eigenvalue weighted by molar-refractivity contribution is -0.141. The summed E-state index contributed by atoms with van der Waals surface area (Å²) in [6.07, 6.45) is 0. The first-order valence-electron chi connectivity index (χ1n) is 8.35. The van der Waals surface area contributed by atoms with E-state index in [9.17, 15) is 20.1 Å². The number of aliphatic hydroxyl groups excluding tert-OH is 2. The van der Waals surface area contributed by atoms with Gasteiger partial charge in [0.05, 0.1) is 23.8 Å². The van der Waals surface area contributed by atoms with E-state index in [1.165, 1.54) is 5.01 Å². The van der Waals surface area contributed by atoms with Gasteiger partial charge >= 0.3 is 5.97 Å². The summed E-state index contributed by atoms with van der Waals surface area (Å²) in [5, 5.41) is 36.0. The summed E-state index contributed by atoms with van der Waals surface area (Å²) in [5.41, 5.74) is 6.85. The van der Waals surface area contributed by atoms with E-state index in [1.807, 2.05) is 24.4 Å². The predicted octanol–water partition coefficient (Wildman–Crippen LogP) is 0.349. The minimum atomic E-state index is -1.50. The van der Waals surface area contributed by atoms with Crippen LogP contribution in [0.1, 0.15) is 18.7 Å². The highest BCUT2D eigenvalue weighted by Crippen LogP contribution is 2.49. The SMILES string of the molecule is CC(=NN1CN([C@@H](C)C(=O)O)P(N(CCO)CCO)N=C1N)c1cccs1. The average molecular weight is 416 g/mol. The Morgan fingerprint density at radius 1 is 1.48 bits per heavy atom. The number of aliphatic hydroxyl groups is 2. The first-order chi connectivity index (χ1) is 12.9. The van der Waals surface area contributed by atoms with Crippen molar-refractivity contribution in [2.75, 3.05) is 33.0 Å². The Bertz CT molecular complexity index is 680. The van der Waals surface area contributed by atoms with E-state index < -0.39 is 20.4 Å². The molecule has 5 N–H and O–H groups in total. The van der Waals surface area contributed by atoms with Gasteiger partial charge in [-0.15, -0.1) is 11.3 Å². The van der Waals surface area contributed by atoms with Gasteiger partial charge in [0, 0.05) is 13.1 Å². The Morgan fingerprint density at radius 3 is 2.67 bits per heavy atom. The monoisotopic (exact) mass is 416 g/mol. The molecule has 150 valence electrons. The summed E-state index contributed by atoms with van der Waals surface area (Å²) in [4.78, 5) is 12.6. The van der Waals surface area contributed by atoms with Crippen molar-refractivity contribution < 1.29 is 20.1 Å². The minimum absolute atomic E-state index is 0.136. The van der Waals surface area contributed by atoms with Gasteiger partial charge in [-0.3, -0.25) is 4.79 Å². The number of nitrogens with two attached hydrogens (primary N) is 1.